The zero-order valence-corrected chi connectivity index (χ0v) is 9.63. The summed E-state index contributed by atoms with van der Waals surface area (Å²) in [6.07, 6.45) is 0. The van der Waals surface area contributed by atoms with Crippen LogP contribution in [0.25, 0.3) is 0 Å². The van der Waals surface area contributed by atoms with E-state index in [0.29, 0.717) is 0 Å². The monoisotopic (exact) mass is 278 g/mol. The van der Waals surface area contributed by atoms with E-state index in [-0.39, 0.29) is 10.6 Å². The van der Waals surface area contributed by atoms with Crippen molar-refractivity contribution in [2.75, 3.05) is 0 Å². The number of halogens is 2. The summed E-state index contributed by atoms with van der Waals surface area (Å²) in [6, 6.07) is 4.63. The van der Waals surface area contributed by atoms with Gasteiger partial charge in [0.15, 0.2) is 5.60 Å². The highest BCUT2D eigenvalue weighted by Gasteiger charge is 2.34. The summed E-state index contributed by atoms with van der Waals surface area (Å²) >= 11 is 8.99. The molecule has 0 heterocycles. The second-order valence-electron chi connectivity index (χ2n) is 3.00. The molecule has 1 aromatic rings. The maximum absolute atomic E-state index is 10.7. The van der Waals surface area contributed by atoms with Gasteiger partial charge >= 0.3 is 5.97 Å². The SMILES string of the molecule is CC(O)(C(=O)O)c1ccc(Br)cc1Cl. The Bertz CT molecular complexity index is 376. The minimum absolute atomic E-state index is 0.176. The Kier molecular flexibility index (Phi) is 3.19. The lowest BCUT2D eigenvalue weighted by Gasteiger charge is -2.19. The van der Waals surface area contributed by atoms with Crippen LogP contribution >= 0.6 is 27.5 Å². The second-order valence-corrected chi connectivity index (χ2v) is 4.32. The Morgan fingerprint density at radius 2 is 2.14 bits per heavy atom. The van der Waals surface area contributed by atoms with Crippen molar-refractivity contribution in [3.8, 4) is 0 Å². The molecule has 76 valence electrons. The van der Waals surface area contributed by atoms with E-state index in [1.165, 1.54) is 19.1 Å². The predicted octanol–water partition coefficient (Wildman–Crippen LogP) is 2.39. The van der Waals surface area contributed by atoms with E-state index in [1.807, 2.05) is 0 Å². The number of hydrogen-bond acceptors (Lipinski definition) is 2. The molecule has 0 aromatic heterocycles. The smallest absolute Gasteiger partial charge is 0.340 e. The summed E-state index contributed by atoms with van der Waals surface area (Å²) in [6.45, 7) is 1.18. The first-order chi connectivity index (χ1) is 6.35. The molecule has 0 radical (unpaired) electrons. The van der Waals surface area contributed by atoms with Gasteiger partial charge in [0, 0.05) is 15.1 Å². The van der Waals surface area contributed by atoms with E-state index in [1.54, 1.807) is 6.07 Å². The van der Waals surface area contributed by atoms with Crippen LogP contribution < -0.4 is 0 Å². The fraction of sp³-hybridized carbons (Fsp3) is 0.222. The Balaban J connectivity index is 3.26. The van der Waals surface area contributed by atoms with E-state index in [2.05, 4.69) is 15.9 Å². The maximum atomic E-state index is 10.7. The van der Waals surface area contributed by atoms with Crippen molar-refractivity contribution in [3.63, 3.8) is 0 Å². The van der Waals surface area contributed by atoms with E-state index in [0.717, 1.165) is 4.47 Å². The highest BCUT2D eigenvalue weighted by atomic mass is 79.9. The predicted molar refractivity (Wildman–Crippen MR) is 56.4 cm³/mol. The van der Waals surface area contributed by atoms with Crippen LogP contribution in [-0.2, 0) is 10.4 Å². The van der Waals surface area contributed by atoms with Gasteiger partial charge < -0.3 is 10.2 Å². The van der Waals surface area contributed by atoms with Gasteiger partial charge in [0.1, 0.15) is 0 Å². The van der Waals surface area contributed by atoms with Gasteiger partial charge in [0.25, 0.3) is 0 Å². The summed E-state index contributed by atoms with van der Waals surface area (Å²) in [7, 11) is 0. The van der Waals surface area contributed by atoms with Gasteiger partial charge in [-0.25, -0.2) is 4.79 Å². The molecule has 0 aliphatic rings. The van der Waals surface area contributed by atoms with E-state index >= 15 is 0 Å². The van der Waals surface area contributed by atoms with E-state index < -0.39 is 11.6 Å². The Morgan fingerprint density at radius 1 is 1.57 bits per heavy atom. The molecule has 0 bridgehead atoms. The number of aliphatic hydroxyl groups is 1. The molecule has 3 nitrogen and oxygen atoms in total. The highest BCUT2D eigenvalue weighted by molar-refractivity contribution is 9.10. The van der Waals surface area contributed by atoms with Crippen molar-refractivity contribution in [3.05, 3.63) is 33.3 Å². The zero-order chi connectivity index (χ0) is 10.9. The summed E-state index contributed by atoms with van der Waals surface area (Å²) in [4.78, 5) is 10.7. The van der Waals surface area contributed by atoms with Gasteiger partial charge in [-0.1, -0.05) is 33.6 Å². The van der Waals surface area contributed by atoms with E-state index in [9.17, 15) is 9.90 Å². The van der Waals surface area contributed by atoms with Crippen molar-refractivity contribution >= 4 is 33.5 Å². The average Bonchev–Trinajstić information content (AvgIpc) is 2.02. The molecule has 0 fully saturated rings. The number of benzene rings is 1. The molecule has 2 N–H and O–H groups in total. The molecule has 1 atom stereocenters. The molecule has 1 aromatic carbocycles. The van der Waals surface area contributed by atoms with Crippen LogP contribution in [0.1, 0.15) is 12.5 Å². The van der Waals surface area contributed by atoms with Gasteiger partial charge in [-0.3, -0.25) is 0 Å². The van der Waals surface area contributed by atoms with Gasteiger partial charge in [-0.2, -0.15) is 0 Å². The normalized spacial score (nSPS) is 14.9. The van der Waals surface area contributed by atoms with Crippen molar-refractivity contribution < 1.29 is 15.0 Å². The summed E-state index contributed by atoms with van der Waals surface area (Å²) in [5, 5.41) is 18.6. The number of hydrogen-bond donors (Lipinski definition) is 2. The molecule has 1 rings (SSSR count). The van der Waals surface area contributed by atoms with Crippen LogP contribution in [0.15, 0.2) is 22.7 Å². The second kappa shape index (κ2) is 3.88. The number of aliphatic carboxylic acids is 1. The summed E-state index contributed by atoms with van der Waals surface area (Å²) in [5.74, 6) is -1.33. The van der Waals surface area contributed by atoms with Crippen LogP contribution in [-0.4, -0.2) is 16.2 Å². The molecule has 0 amide bonds. The standard InChI is InChI=1S/C9H8BrClO3/c1-9(14,8(12)13)6-3-2-5(10)4-7(6)11/h2-4,14H,1H3,(H,12,13). The van der Waals surface area contributed by atoms with Crippen LogP contribution in [0, 0.1) is 0 Å². The molecule has 1 unspecified atom stereocenters. The largest absolute Gasteiger partial charge is 0.479 e. The fourth-order valence-electron chi connectivity index (χ4n) is 0.999. The lowest BCUT2D eigenvalue weighted by molar-refractivity contribution is -0.157. The van der Waals surface area contributed by atoms with Gasteiger partial charge in [0.2, 0.25) is 0 Å². The first-order valence-electron chi connectivity index (χ1n) is 3.77. The van der Waals surface area contributed by atoms with Gasteiger partial charge in [-0.15, -0.1) is 0 Å². The third-order valence-electron chi connectivity index (χ3n) is 1.87. The molecule has 0 saturated heterocycles. The van der Waals surface area contributed by atoms with E-state index in [4.69, 9.17) is 16.7 Å². The Labute approximate surface area is 94.4 Å². The van der Waals surface area contributed by atoms with Crippen molar-refractivity contribution in [1.29, 1.82) is 0 Å². The van der Waals surface area contributed by atoms with Gasteiger partial charge in [0.05, 0.1) is 0 Å². The molecule has 0 spiro atoms. The number of rotatable bonds is 2. The zero-order valence-electron chi connectivity index (χ0n) is 7.29. The molecular formula is C9H8BrClO3. The molecule has 14 heavy (non-hydrogen) atoms. The fourth-order valence-corrected chi connectivity index (χ4v) is 1.86. The molecule has 0 aliphatic carbocycles. The Morgan fingerprint density at radius 3 is 2.57 bits per heavy atom. The molecule has 0 aliphatic heterocycles. The third-order valence-corrected chi connectivity index (χ3v) is 2.68. The first-order valence-corrected chi connectivity index (χ1v) is 4.94. The van der Waals surface area contributed by atoms with Crippen molar-refractivity contribution in [2.45, 2.75) is 12.5 Å². The quantitative estimate of drug-likeness (QED) is 0.874. The third kappa shape index (κ3) is 2.08. The average molecular weight is 280 g/mol. The minimum atomic E-state index is -1.96. The Hall–Kier alpha value is -0.580. The lowest BCUT2D eigenvalue weighted by Crippen LogP contribution is -2.32. The number of carboxylic acids is 1. The summed E-state index contributed by atoms with van der Waals surface area (Å²) in [5.41, 5.74) is -1.78. The lowest BCUT2D eigenvalue weighted by atomic mass is 9.96. The minimum Gasteiger partial charge on any atom is -0.479 e. The topological polar surface area (TPSA) is 57.5 Å². The van der Waals surface area contributed by atoms with Crippen molar-refractivity contribution in [1.82, 2.24) is 0 Å². The van der Waals surface area contributed by atoms with Gasteiger partial charge in [-0.05, 0) is 19.1 Å². The molecular weight excluding hydrogens is 271 g/mol. The molecule has 5 heteroatoms. The van der Waals surface area contributed by atoms with Crippen LogP contribution in [0.3, 0.4) is 0 Å². The summed E-state index contributed by atoms with van der Waals surface area (Å²) < 4.78 is 0.729. The maximum Gasteiger partial charge on any atom is 0.340 e. The van der Waals surface area contributed by atoms with Crippen LogP contribution in [0.4, 0.5) is 0 Å². The van der Waals surface area contributed by atoms with Crippen molar-refractivity contribution in [2.24, 2.45) is 0 Å². The number of carboxylic acid groups (broad SMARTS) is 1. The molecule has 0 saturated carbocycles. The highest BCUT2D eigenvalue weighted by Crippen LogP contribution is 2.30. The number of carbonyl (C=O) groups is 1. The van der Waals surface area contributed by atoms with Crippen LogP contribution in [0.5, 0.6) is 0 Å². The van der Waals surface area contributed by atoms with Crippen LogP contribution in [0.2, 0.25) is 5.02 Å². The first kappa shape index (κ1) is 11.5.